The van der Waals surface area contributed by atoms with Crippen molar-refractivity contribution in [3.63, 3.8) is 0 Å². The zero-order chi connectivity index (χ0) is 13.1. The van der Waals surface area contributed by atoms with Gasteiger partial charge in [0, 0.05) is 0 Å². The smallest absolute Gasteiger partial charge is 0.140 e. The zero-order valence-corrected chi connectivity index (χ0v) is 10.7. The average Bonchev–Trinajstić information content (AvgIpc) is 2.68. The van der Waals surface area contributed by atoms with Crippen LogP contribution in [0.1, 0.15) is 28.1 Å². The lowest BCUT2D eigenvalue weighted by Gasteiger charge is -2.09. The molecule has 1 heterocycles. The van der Waals surface area contributed by atoms with Gasteiger partial charge >= 0.3 is 0 Å². The van der Waals surface area contributed by atoms with Crippen molar-refractivity contribution in [2.75, 3.05) is 0 Å². The number of benzene rings is 1. The van der Waals surface area contributed by atoms with Crippen molar-refractivity contribution >= 4 is 0 Å². The van der Waals surface area contributed by atoms with Gasteiger partial charge in [-0.3, -0.25) is 0 Å². The molecule has 4 nitrogen and oxygen atoms in total. The van der Waals surface area contributed by atoms with Crippen LogP contribution in [0.3, 0.4) is 0 Å². The number of nitrogens with zero attached hydrogens (tertiary/aromatic N) is 2. The van der Waals surface area contributed by atoms with Crippen LogP contribution in [0.25, 0.3) is 0 Å². The Morgan fingerprint density at radius 2 is 2.11 bits per heavy atom. The van der Waals surface area contributed by atoms with E-state index in [0.29, 0.717) is 17.9 Å². The molecule has 2 rings (SSSR count). The van der Waals surface area contributed by atoms with E-state index >= 15 is 0 Å². The van der Waals surface area contributed by atoms with E-state index in [0.717, 1.165) is 22.6 Å². The van der Waals surface area contributed by atoms with Gasteiger partial charge in [-0.1, -0.05) is 11.2 Å². The number of aryl methyl sites for hydroxylation is 3. The summed E-state index contributed by atoms with van der Waals surface area (Å²) in [6, 6.07) is 7.50. The van der Waals surface area contributed by atoms with Crippen LogP contribution < -0.4 is 4.74 Å². The molecule has 18 heavy (non-hydrogen) atoms. The quantitative estimate of drug-likeness (QED) is 0.830. The third-order valence-electron chi connectivity index (χ3n) is 2.87. The Kier molecular flexibility index (Phi) is 3.33. The number of ether oxygens (including phenoxy) is 1. The monoisotopic (exact) mass is 242 g/mol. The second-order valence-corrected chi connectivity index (χ2v) is 4.18. The van der Waals surface area contributed by atoms with Crippen molar-refractivity contribution in [3.8, 4) is 11.8 Å². The largest absolute Gasteiger partial charge is 0.488 e. The van der Waals surface area contributed by atoms with Gasteiger partial charge in [-0.15, -0.1) is 0 Å². The lowest BCUT2D eigenvalue weighted by Crippen LogP contribution is -1.99. The van der Waals surface area contributed by atoms with Gasteiger partial charge in [-0.25, -0.2) is 0 Å². The van der Waals surface area contributed by atoms with Crippen molar-refractivity contribution in [1.29, 1.82) is 5.26 Å². The third kappa shape index (κ3) is 2.35. The molecule has 2 aromatic rings. The lowest BCUT2D eigenvalue weighted by atomic mass is 10.1. The van der Waals surface area contributed by atoms with Crippen LogP contribution in [0.2, 0.25) is 0 Å². The number of hydrogen-bond donors (Lipinski definition) is 0. The average molecular weight is 242 g/mol. The fourth-order valence-corrected chi connectivity index (χ4v) is 1.68. The number of hydrogen-bond acceptors (Lipinski definition) is 4. The van der Waals surface area contributed by atoms with Crippen LogP contribution in [0.15, 0.2) is 22.7 Å². The van der Waals surface area contributed by atoms with Crippen LogP contribution >= 0.6 is 0 Å². The Hall–Kier alpha value is -2.28. The highest BCUT2D eigenvalue weighted by Gasteiger charge is 2.10. The van der Waals surface area contributed by atoms with E-state index < -0.39 is 0 Å². The number of aromatic nitrogens is 1. The molecule has 0 N–H and O–H groups in total. The van der Waals surface area contributed by atoms with E-state index in [1.807, 2.05) is 26.8 Å². The summed E-state index contributed by atoms with van der Waals surface area (Å²) in [4.78, 5) is 0. The molecule has 0 amide bonds. The molecular weight excluding hydrogens is 228 g/mol. The highest BCUT2D eigenvalue weighted by Crippen LogP contribution is 2.22. The maximum atomic E-state index is 8.86. The van der Waals surface area contributed by atoms with Gasteiger partial charge in [0.25, 0.3) is 0 Å². The minimum atomic E-state index is 0.400. The highest BCUT2D eigenvalue weighted by atomic mass is 16.5. The molecule has 0 unspecified atom stereocenters. The first-order valence-electron chi connectivity index (χ1n) is 5.67. The van der Waals surface area contributed by atoms with Crippen molar-refractivity contribution in [1.82, 2.24) is 5.16 Å². The summed E-state index contributed by atoms with van der Waals surface area (Å²) in [5.74, 6) is 1.48. The summed E-state index contributed by atoms with van der Waals surface area (Å²) in [6.45, 7) is 6.09. The Bertz CT molecular complexity index is 589. The Labute approximate surface area is 106 Å². The Morgan fingerprint density at radius 1 is 1.33 bits per heavy atom. The Balaban J connectivity index is 2.18. The number of rotatable bonds is 3. The van der Waals surface area contributed by atoms with E-state index in [1.165, 1.54) is 0 Å². The second-order valence-electron chi connectivity index (χ2n) is 4.18. The van der Waals surface area contributed by atoms with Crippen molar-refractivity contribution in [2.24, 2.45) is 0 Å². The highest BCUT2D eigenvalue weighted by molar-refractivity contribution is 5.42. The minimum Gasteiger partial charge on any atom is -0.488 e. The molecule has 1 aromatic heterocycles. The maximum Gasteiger partial charge on any atom is 0.140 e. The predicted molar refractivity (Wildman–Crippen MR) is 66.2 cm³/mol. The lowest BCUT2D eigenvalue weighted by molar-refractivity contribution is 0.299. The van der Waals surface area contributed by atoms with E-state index in [4.69, 9.17) is 14.5 Å². The molecule has 92 valence electrons. The summed E-state index contributed by atoms with van der Waals surface area (Å²) < 4.78 is 10.8. The molecule has 0 saturated carbocycles. The minimum absolute atomic E-state index is 0.400. The van der Waals surface area contributed by atoms with Crippen LogP contribution in [-0.2, 0) is 6.61 Å². The number of nitriles is 1. The molecule has 0 fully saturated rings. The van der Waals surface area contributed by atoms with E-state index in [9.17, 15) is 0 Å². The standard InChI is InChI=1S/C14H14N2O2/c1-9-4-5-12(7-15)6-14(9)17-8-13-10(2)16-18-11(13)3/h4-6H,8H2,1-3H3. The zero-order valence-electron chi connectivity index (χ0n) is 10.7. The summed E-state index contributed by atoms with van der Waals surface area (Å²) in [7, 11) is 0. The summed E-state index contributed by atoms with van der Waals surface area (Å²) in [6.07, 6.45) is 0. The molecule has 0 atom stereocenters. The van der Waals surface area contributed by atoms with Gasteiger partial charge in [-0.2, -0.15) is 5.26 Å². The van der Waals surface area contributed by atoms with Gasteiger partial charge in [0.05, 0.1) is 22.9 Å². The molecule has 1 aromatic carbocycles. The molecule has 0 saturated heterocycles. The van der Waals surface area contributed by atoms with Gasteiger partial charge < -0.3 is 9.26 Å². The van der Waals surface area contributed by atoms with Crippen LogP contribution in [0.5, 0.6) is 5.75 Å². The van der Waals surface area contributed by atoms with Crippen LogP contribution in [0, 0.1) is 32.1 Å². The third-order valence-corrected chi connectivity index (χ3v) is 2.87. The summed E-state index contributed by atoms with van der Waals surface area (Å²) in [5, 5.41) is 12.7. The van der Waals surface area contributed by atoms with Gasteiger partial charge in [0.15, 0.2) is 0 Å². The van der Waals surface area contributed by atoms with Gasteiger partial charge in [0.1, 0.15) is 18.1 Å². The first kappa shape index (κ1) is 12.2. The molecule has 0 bridgehead atoms. The van der Waals surface area contributed by atoms with Gasteiger partial charge in [0.2, 0.25) is 0 Å². The van der Waals surface area contributed by atoms with E-state index in [1.54, 1.807) is 12.1 Å². The molecular formula is C14H14N2O2. The van der Waals surface area contributed by atoms with E-state index in [2.05, 4.69) is 11.2 Å². The Morgan fingerprint density at radius 3 is 2.72 bits per heavy atom. The van der Waals surface area contributed by atoms with Gasteiger partial charge in [-0.05, 0) is 38.5 Å². The predicted octanol–water partition coefficient (Wildman–Crippen LogP) is 3.05. The second kappa shape index (κ2) is 4.92. The molecule has 0 aliphatic heterocycles. The SMILES string of the molecule is Cc1ccc(C#N)cc1OCc1c(C)noc1C. The van der Waals surface area contributed by atoms with Crippen LogP contribution in [0.4, 0.5) is 0 Å². The van der Waals surface area contributed by atoms with Crippen molar-refractivity contribution in [2.45, 2.75) is 27.4 Å². The molecule has 0 aliphatic carbocycles. The topological polar surface area (TPSA) is 59.0 Å². The van der Waals surface area contributed by atoms with Crippen molar-refractivity contribution < 1.29 is 9.26 Å². The van der Waals surface area contributed by atoms with Crippen LogP contribution in [-0.4, -0.2) is 5.16 Å². The maximum absolute atomic E-state index is 8.86. The fourth-order valence-electron chi connectivity index (χ4n) is 1.68. The molecule has 0 aliphatic rings. The normalized spacial score (nSPS) is 10.1. The summed E-state index contributed by atoms with van der Waals surface area (Å²) >= 11 is 0. The first-order chi connectivity index (χ1) is 8.61. The molecule has 0 radical (unpaired) electrons. The molecule has 4 heteroatoms. The van der Waals surface area contributed by atoms with Crippen molar-refractivity contribution in [3.05, 3.63) is 46.3 Å². The fraction of sp³-hybridized carbons (Fsp3) is 0.286. The van der Waals surface area contributed by atoms with E-state index in [-0.39, 0.29) is 0 Å². The molecule has 0 spiro atoms. The summed E-state index contributed by atoms with van der Waals surface area (Å²) in [5.41, 5.74) is 3.38. The first-order valence-corrected chi connectivity index (χ1v) is 5.67.